The molecule has 0 unspecified atom stereocenters. The van der Waals surface area contributed by atoms with E-state index in [0.29, 0.717) is 24.5 Å². The lowest BCUT2D eigenvalue weighted by molar-refractivity contribution is -0.632. The van der Waals surface area contributed by atoms with Crippen LogP contribution in [0.1, 0.15) is 0 Å². The Morgan fingerprint density at radius 2 is 0.961 bits per heavy atom. The van der Waals surface area contributed by atoms with Crippen LogP contribution in [0.4, 0.5) is 34.6 Å². The van der Waals surface area contributed by atoms with Crippen molar-refractivity contribution in [3.63, 3.8) is 0 Å². The standard InChI is InChI=1S/C36H42N10O4S/c1-41(29-19-15-27(16-20-29)37-39-35-43(3)31-11-7-8-12-32(31)44(35)4)23-25-49-51(47,48)50-26-24-42(2)30-21-17-28(18-22-30)38-40-36-45(5)33-13-9-10-14-34(33)46(36)6/h7-22H,23-26H2,1-6H3/q+2. The van der Waals surface area contributed by atoms with Gasteiger partial charge in [-0.25, -0.2) is 26.6 Å². The molecule has 0 fully saturated rings. The van der Waals surface area contributed by atoms with Crippen LogP contribution in [0.5, 0.6) is 0 Å². The Labute approximate surface area is 297 Å². The molecule has 4 aromatic carbocycles. The fourth-order valence-corrected chi connectivity index (χ4v) is 6.43. The van der Waals surface area contributed by atoms with E-state index in [4.69, 9.17) is 8.37 Å². The van der Waals surface area contributed by atoms with Crippen molar-refractivity contribution in [3.05, 3.63) is 97.1 Å². The van der Waals surface area contributed by atoms with Crippen LogP contribution < -0.4 is 18.9 Å². The third-order valence-corrected chi connectivity index (χ3v) is 9.72. The van der Waals surface area contributed by atoms with Gasteiger partial charge in [0.2, 0.25) is 0 Å². The molecule has 14 nitrogen and oxygen atoms in total. The number of likely N-dealkylation sites (N-methyl/N-ethyl adjacent to an activating group) is 2. The summed E-state index contributed by atoms with van der Waals surface area (Å²) in [7, 11) is 7.39. The molecule has 0 amide bonds. The second kappa shape index (κ2) is 15.2. The van der Waals surface area contributed by atoms with Crippen molar-refractivity contribution in [2.75, 3.05) is 50.2 Å². The van der Waals surface area contributed by atoms with E-state index in [1.165, 1.54) is 0 Å². The molecule has 0 saturated heterocycles. The van der Waals surface area contributed by atoms with Gasteiger partial charge in [-0.3, -0.25) is 0 Å². The number of azo groups is 2. The van der Waals surface area contributed by atoms with Crippen LogP contribution in [0.25, 0.3) is 22.1 Å². The second-order valence-corrected chi connectivity index (χ2v) is 13.4. The van der Waals surface area contributed by atoms with Crippen LogP contribution in [0.2, 0.25) is 0 Å². The zero-order valence-electron chi connectivity index (χ0n) is 29.6. The first-order valence-electron chi connectivity index (χ1n) is 16.4. The van der Waals surface area contributed by atoms with E-state index in [0.717, 1.165) is 45.3 Å². The largest absolute Gasteiger partial charge is 0.422 e. The number of imidazole rings is 2. The first-order valence-corrected chi connectivity index (χ1v) is 17.7. The second-order valence-electron chi connectivity index (χ2n) is 12.1. The van der Waals surface area contributed by atoms with Crippen molar-refractivity contribution < 1.29 is 25.9 Å². The van der Waals surface area contributed by atoms with E-state index in [1.807, 2.05) is 167 Å². The topological polar surface area (TPSA) is 126 Å². The number of aromatic nitrogens is 4. The molecule has 2 heterocycles. The molecule has 264 valence electrons. The maximum atomic E-state index is 12.4. The summed E-state index contributed by atoms with van der Waals surface area (Å²) in [6, 6.07) is 31.2. The van der Waals surface area contributed by atoms with E-state index in [2.05, 4.69) is 20.5 Å². The van der Waals surface area contributed by atoms with Gasteiger partial charge >= 0.3 is 22.3 Å². The molecule has 6 rings (SSSR count). The van der Waals surface area contributed by atoms with Crippen molar-refractivity contribution in [2.24, 2.45) is 48.6 Å². The normalized spacial score (nSPS) is 12.2. The summed E-state index contributed by atoms with van der Waals surface area (Å²) >= 11 is 0. The highest BCUT2D eigenvalue weighted by Gasteiger charge is 2.20. The van der Waals surface area contributed by atoms with Gasteiger partial charge in [0.1, 0.15) is 33.4 Å². The average molecular weight is 711 g/mol. The molecule has 0 saturated carbocycles. The van der Waals surface area contributed by atoms with Crippen molar-refractivity contribution in [2.45, 2.75) is 0 Å². The highest BCUT2D eigenvalue weighted by Crippen LogP contribution is 2.24. The van der Waals surface area contributed by atoms with E-state index >= 15 is 0 Å². The third kappa shape index (κ3) is 7.95. The maximum absolute atomic E-state index is 12.4. The lowest BCUT2D eigenvalue weighted by Crippen LogP contribution is -2.27. The first-order chi connectivity index (χ1) is 24.5. The van der Waals surface area contributed by atoms with Crippen molar-refractivity contribution in [1.82, 2.24) is 9.13 Å². The number of rotatable bonds is 14. The highest BCUT2D eigenvalue weighted by atomic mass is 32.3. The third-order valence-electron chi connectivity index (χ3n) is 8.81. The Bertz CT molecular complexity index is 2080. The van der Waals surface area contributed by atoms with Gasteiger partial charge in [-0.15, -0.1) is 0 Å². The quantitative estimate of drug-likeness (QED) is 0.101. The first kappa shape index (κ1) is 35.3. The van der Waals surface area contributed by atoms with E-state index < -0.39 is 10.4 Å². The summed E-state index contributed by atoms with van der Waals surface area (Å²) in [5, 5.41) is 17.8. The molecule has 51 heavy (non-hydrogen) atoms. The summed E-state index contributed by atoms with van der Waals surface area (Å²) < 4.78 is 43.0. The Balaban J connectivity index is 0.936. The molecular formula is C36H42N10O4S+2. The summed E-state index contributed by atoms with van der Waals surface area (Å²) in [5.74, 6) is 1.45. The summed E-state index contributed by atoms with van der Waals surface area (Å²) in [6.07, 6.45) is 0. The number of nitrogens with zero attached hydrogens (tertiary/aromatic N) is 10. The predicted octanol–water partition coefficient (Wildman–Crippen LogP) is 6.00. The van der Waals surface area contributed by atoms with Crippen LogP contribution in [-0.4, -0.2) is 58.0 Å². The van der Waals surface area contributed by atoms with Crippen LogP contribution in [0.3, 0.4) is 0 Å². The van der Waals surface area contributed by atoms with E-state index in [-0.39, 0.29) is 13.2 Å². The number of aryl methyl sites for hydroxylation is 4. The zero-order valence-corrected chi connectivity index (χ0v) is 30.4. The molecule has 6 aromatic rings. The van der Waals surface area contributed by atoms with Gasteiger partial charge in [0.05, 0.1) is 41.4 Å². The van der Waals surface area contributed by atoms with Crippen molar-refractivity contribution in [3.8, 4) is 0 Å². The van der Waals surface area contributed by atoms with Gasteiger partial charge in [-0.2, -0.15) is 8.42 Å². The molecule has 2 aromatic heterocycles. The van der Waals surface area contributed by atoms with Crippen LogP contribution >= 0.6 is 0 Å². The fraction of sp³-hybridized carbons (Fsp3) is 0.278. The number of para-hydroxylation sites is 4. The predicted molar refractivity (Wildman–Crippen MR) is 197 cm³/mol. The van der Waals surface area contributed by atoms with Crippen LogP contribution in [0.15, 0.2) is 118 Å². The van der Waals surface area contributed by atoms with Gasteiger partial charge in [0.25, 0.3) is 0 Å². The molecule has 15 heteroatoms. The number of hydrogen-bond donors (Lipinski definition) is 0. The summed E-state index contributed by atoms with van der Waals surface area (Å²) in [4.78, 5) is 3.78. The van der Waals surface area contributed by atoms with E-state index in [9.17, 15) is 8.42 Å². The number of anilines is 2. The minimum atomic E-state index is -4.17. The highest BCUT2D eigenvalue weighted by molar-refractivity contribution is 7.81. The Kier molecular flexibility index (Phi) is 10.5. The van der Waals surface area contributed by atoms with Crippen molar-refractivity contribution >= 4 is 67.1 Å². The lowest BCUT2D eigenvalue weighted by atomic mass is 10.2. The Hall–Kier alpha value is -5.51. The SMILES string of the molecule is CN(CCOS(=O)(=O)OCCN(C)c1ccc(/N=N/c2n(C)c3ccccc3[n+]2C)cc1)c1ccc(/N=N/c2n(C)c3ccccc3[n+]2C)cc1. The summed E-state index contributed by atoms with van der Waals surface area (Å²) in [6.45, 7) is 0.524. The minimum absolute atomic E-state index is 0.0689. The number of benzene rings is 4. The minimum Gasteiger partial charge on any atom is -0.372 e. The fourth-order valence-electron chi connectivity index (χ4n) is 5.81. The summed E-state index contributed by atoms with van der Waals surface area (Å²) in [5.41, 5.74) is 7.43. The van der Waals surface area contributed by atoms with Gasteiger partial charge < -0.3 is 9.80 Å². The zero-order chi connectivity index (χ0) is 36.1. The van der Waals surface area contributed by atoms with Gasteiger partial charge in [0.15, 0.2) is 0 Å². The van der Waals surface area contributed by atoms with Crippen LogP contribution in [0, 0.1) is 0 Å². The molecule has 0 aliphatic rings. The average Bonchev–Trinajstić information content (AvgIpc) is 3.53. The smallest absolute Gasteiger partial charge is 0.372 e. The Morgan fingerprint density at radius 3 is 1.33 bits per heavy atom. The van der Waals surface area contributed by atoms with Gasteiger partial charge in [-0.05, 0) is 72.8 Å². The molecule has 0 aliphatic heterocycles. The monoisotopic (exact) mass is 710 g/mol. The molecule has 0 radical (unpaired) electrons. The maximum Gasteiger partial charge on any atom is 0.422 e. The molecule has 0 atom stereocenters. The number of fused-ring (bicyclic) bond motifs is 2. The van der Waals surface area contributed by atoms with Gasteiger partial charge in [0, 0.05) is 48.8 Å². The Morgan fingerprint density at radius 1 is 0.588 bits per heavy atom. The molecule has 0 bridgehead atoms. The lowest BCUT2D eigenvalue weighted by Gasteiger charge is -2.20. The van der Waals surface area contributed by atoms with E-state index in [1.54, 1.807) is 0 Å². The molecule has 0 N–H and O–H groups in total. The number of hydrogen-bond acceptors (Lipinski definition) is 10. The van der Waals surface area contributed by atoms with Gasteiger partial charge in [-0.1, -0.05) is 34.5 Å². The molecule has 0 aliphatic carbocycles. The van der Waals surface area contributed by atoms with Crippen molar-refractivity contribution in [1.29, 1.82) is 0 Å². The molecule has 0 spiro atoms. The van der Waals surface area contributed by atoms with Crippen LogP contribution in [-0.2, 0) is 47.0 Å². The molecular weight excluding hydrogens is 669 g/mol.